The van der Waals surface area contributed by atoms with E-state index in [1.165, 1.54) is 12.8 Å². The molecule has 0 atom stereocenters. The maximum atomic E-state index is 11.7. The Labute approximate surface area is 113 Å². The average molecular weight is 266 g/mol. The molecule has 0 radical (unpaired) electrons. The number of rotatable bonds is 3. The molecule has 4 heteroatoms. The molecule has 2 rings (SSSR count). The molecule has 3 nitrogen and oxygen atoms in total. The van der Waals surface area contributed by atoms with Crippen LogP contribution in [0.1, 0.15) is 49.7 Å². The fraction of sp³-hybridized carbons (Fsp3) is 0.643. The highest BCUT2D eigenvalue weighted by molar-refractivity contribution is 7.18. The fourth-order valence-electron chi connectivity index (χ4n) is 2.26. The molecular formula is C14H22N2OS. The van der Waals surface area contributed by atoms with Crippen LogP contribution in [-0.2, 0) is 0 Å². The normalized spacial score (nSPS) is 18.9. The van der Waals surface area contributed by atoms with Gasteiger partial charge in [0, 0.05) is 19.5 Å². The fourth-order valence-corrected chi connectivity index (χ4v) is 3.40. The first kappa shape index (κ1) is 13.4. The first-order valence-corrected chi connectivity index (χ1v) is 7.42. The van der Waals surface area contributed by atoms with Crippen molar-refractivity contribution in [2.45, 2.75) is 40.0 Å². The van der Waals surface area contributed by atoms with E-state index in [1.54, 1.807) is 11.3 Å². The van der Waals surface area contributed by atoms with Crippen LogP contribution in [0.5, 0.6) is 0 Å². The minimum Gasteiger partial charge on any atom is -0.397 e. The Morgan fingerprint density at radius 2 is 2.06 bits per heavy atom. The van der Waals surface area contributed by atoms with Crippen molar-refractivity contribution in [1.29, 1.82) is 0 Å². The van der Waals surface area contributed by atoms with Gasteiger partial charge in [0.1, 0.15) is 0 Å². The van der Waals surface area contributed by atoms with Gasteiger partial charge >= 0.3 is 0 Å². The second kappa shape index (κ2) is 4.92. The van der Waals surface area contributed by atoms with Gasteiger partial charge in [-0.1, -0.05) is 20.8 Å². The van der Waals surface area contributed by atoms with Crippen LogP contribution in [0.15, 0.2) is 6.07 Å². The van der Waals surface area contributed by atoms with Gasteiger partial charge in [-0.15, -0.1) is 11.3 Å². The number of carbonyl (C=O) groups is 1. The zero-order chi connectivity index (χ0) is 13.3. The number of nitrogens with zero attached hydrogens (tertiary/aromatic N) is 1. The van der Waals surface area contributed by atoms with E-state index < -0.39 is 0 Å². The predicted octanol–water partition coefficient (Wildman–Crippen LogP) is 3.55. The Morgan fingerprint density at radius 3 is 2.61 bits per heavy atom. The zero-order valence-corrected chi connectivity index (χ0v) is 12.3. The maximum Gasteiger partial charge on any atom is 0.174 e. The van der Waals surface area contributed by atoms with Gasteiger partial charge in [-0.3, -0.25) is 4.79 Å². The van der Waals surface area contributed by atoms with Gasteiger partial charge < -0.3 is 10.6 Å². The van der Waals surface area contributed by atoms with Gasteiger partial charge in [-0.05, 0) is 24.3 Å². The van der Waals surface area contributed by atoms with E-state index in [2.05, 4.69) is 18.7 Å². The Balaban J connectivity index is 2.13. The SMILES string of the molecule is CCC(=O)c1sc(N2CCC(C)(C)CC2)cc1N. The number of ketones is 1. The topological polar surface area (TPSA) is 46.3 Å². The molecule has 0 aliphatic carbocycles. The van der Waals surface area contributed by atoms with Gasteiger partial charge in [0.2, 0.25) is 0 Å². The number of anilines is 2. The molecular weight excluding hydrogens is 244 g/mol. The van der Waals surface area contributed by atoms with Gasteiger partial charge in [-0.25, -0.2) is 0 Å². The molecule has 2 heterocycles. The van der Waals surface area contributed by atoms with E-state index >= 15 is 0 Å². The molecule has 1 aliphatic heterocycles. The van der Waals surface area contributed by atoms with E-state index in [1.807, 2.05) is 13.0 Å². The van der Waals surface area contributed by atoms with Crippen LogP contribution in [0.2, 0.25) is 0 Å². The van der Waals surface area contributed by atoms with E-state index in [-0.39, 0.29) is 5.78 Å². The van der Waals surface area contributed by atoms with E-state index in [0.717, 1.165) is 23.0 Å². The lowest BCUT2D eigenvalue weighted by Crippen LogP contribution is -2.36. The number of hydrogen-bond acceptors (Lipinski definition) is 4. The second-order valence-electron chi connectivity index (χ2n) is 5.80. The van der Waals surface area contributed by atoms with Crippen LogP contribution in [0, 0.1) is 5.41 Å². The Bertz CT molecular complexity index is 441. The average Bonchev–Trinajstić information content (AvgIpc) is 2.70. The molecule has 1 aliphatic rings. The molecule has 0 amide bonds. The number of nitrogen functional groups attached to an aromatic ring is 1. The quantitative estimate of drug-likeness (QED) is 0.851. The summed E-state index contributed by atoms with van der Waals surface area (Å²) in [5.41, 5.74) is 7.03. The van der Waals surface area contributed by atoms with Gasteiger partial charge in [-0.2, -0.15) is 0 Å². The standard InChI is InChI=1S/C14H22N2OS/c1-4-11(17)13-10(15)9-12(18-13)16-7-5-14(2,3)6-8-16/h9H,4-8,15H2,1-3H3. The van der Waals surface area contributed by atoms with Crippen molar-refractivity contribution in [2.75, 3.05) is 23.7 Å². The van der Waals surface area contributed by atoms with Gasteiger partial charge in [0.25, 0.3) is 0 Å². The first-order valence-electron chi connectivity index (χ1n) is 6.60. The summed E-state index contributed by atoms with van der Waals surface area (Å²) >= 11 is 1.55. The lowest BCUT2D eigenvalue weighted by atomic mass is 9.83. The minimum absolute atomic E-state index is 0.154. The first-order chi connectivity index (χ1) is 8.43. The van der Waals surface area contributed by atoms with Crippen molar-refractivity contribution in [3.05, 3.63) is 10.9 Å². The van der Waals surface area contributed by atoms with Crippen molar-refractivity contribution in [2.24, 2.45) is 5.41 Å². The molecule has 1 aromatic heterocycles. The third-order valence-electron chi connectivity index (χ3n) is 3.75. The summed E-state index contributed by atoms with van der Waals surface area (Å²) in [7, 11) is 0. The van der Waals surface area contributed by atoms with Crippen LogP contribution < -0.4 is 10.6 Å². The smallest absolute Gasteiger partial charge is 0.174 e. The van der Waals surface area contributed by atoms with Crippen LogP contribution in [-0.4, -0.2) is 18.9 Å². The molecule has 0 bridgehead atoms. The molecule has 1 saturated heterocycles. The van der Waals surface area contributed by atoms with Crippen LogP contribution >= 0.6 is 11.3 Å². The van der Waals surface area contributed by atoms with E-state index in [0.29, 0.717) is 17.5 Å². The number of hydrogen-bond donors (Lipinski definition) is 1. The van der Waals surface area contributed by atoms with Crippen LogP contribution in [0.4, 0.5) is 10.7 Å². The lowest BCUT2D eigenvalue weighted by Gasteiger charge is -2.37. The molecule has 1 aromatic rings. The number of piperidine rings is 1. The largest absolute Gasteiger partial charge is 0.397 e. The molecule has 0 spiro atoms. The molecule has 1 fully saturated rings. The molecule has 2 N–H and O–H groups in total. The minimum atomic E-state index is 0.154. The van der Waals surface area contributed by atoms with E-state index in [9.17, 15) is 4.79 Å². The summed E-state index contributed by atoms with van der Waals surface area (Å²) in [4.78, 5) is 14.8. The predicted molar refractivity (Wildman–Crippen MR) is 78.6 cm³/mol. The number of carbonyl (C=O) groups excluding carboxylic acids is 1. The summed E-state index contributed by atoms with van der Waals surface area (Å²) < 4.78 is 0. The van der Waals surface area contributed by atoms with Crippen LogP contribution in [0.25, 0.3) is 0 Å². The van der Waals surface area contributed by atoms with Crippen molar-refractivity contribution in [3.8, 4) is 0 Å². The molecule has 0 saturated carbocycles. The van der Waals surface area contributed by atoms with Crippen molar-refractivity contribution in [3.63, 3.8) is 0 Å². The summed E-state index contributed by atoms with van der Waals surface area (Å²) in [6.45, 7) is 8.64. The molecule has 0 unspecified atom stereocenters. The summed E-state index contributed by atoms with van der Waals surface area (Å²) in [5, 5.41) is 1.15. The van der Waals surface area contributed by atoms with Crippen LogP contribution in [0.3, 0.4) is 0 Å². The van der Waals surface area contributed by atoms with Crippen molar-refractivity contribution < 1.29 is 4.79 Å². The Morgan fingerprint density at radius 1 is 1.44 bits per heavy atom. The lowest BCUT2D eigenvalue weighted by molar-refractivity contribution is 0.0993. The second-order valence-corrected chi connectivity index (χ2v) is 6.83. The number of Topliss-reactive ketones (excluding diaryl/α,β-unsaturated/α-hetero) is 1. The summed E-state index contributed by atoms with van der Waals surface area (Å²) in [6, 6.07) is 1.96. The Kier molecular flexibility index (Phi) is 3.66. The summed E-state index contributed by atoms with van der Waals surface area (Å²) in [6.07, 6.45) is 2.92. The summed E-state index contributed by atoms with van der Waals surface area (Å²) in [5.74, 6) is 0.154. The highest BCUT2D eigenvalue weighted by atomic mass is 32.1. The number of nitrogens with two attached hydrogens (primary N) is 1. The van der Waals surface area contributed by atoms with E-state index in [4.69, 9.17) is 5.73 Å². The number of thiophene rings is 1. The molecule has 0 aromatic carbocycles. The third-order valence-corrected chi connectivity index (χ3v) is 5.00. The van der Waals surface area contributed by atoms with Gasteiger partial charge in [0.05, 0.1) is 15.6 Å². The monoisotopic (exact) mass is 266 g/mol. The van der Waals surface area contributed by atoms with Crippen molar-refractivity contribution >= 4 is 27.8 Å². The molecule has 18 heavy (non-hydrogen) atoms. The zero-order valence-electron chi connectivity index (χ0n) is 11.5. The molecule has 100 valence electrons. The van der Waals surface area contributed by atoms with Crippen molar-refractivity contribution in [1.82, 2.24) is 0 Å². The van der Waals surface area contributed by atoms with Gasteiger partial charge in [0.15, 0.2) is 5.78 Å². The third kappa shape index (κ3) is 2.69. The highest BCUT2D eigenvalue weighted by Gasteiger charge is 2.27. The highest BCUT2D eigenvalue weighted by Crippen LogP contribution is 2.37. The maximum absolute atomic E-state index is 11.7. The Hall–Kier alpha value is -1.03.